The van der Waals surface area contributed by atoms with E-state index in [9.17, 15) is 0 Å². The SMILES string of the molecule is CC(C)(C)CC1CN(CC(C)(C)C)C1. The van der Waals surface area contributed by atoms with Gasteiger partial charge in [0.25, 0.3) is 0 Å². The second kappa shape index (κ2) is 3.84. The molecule has 84 valence electrons. The largest absolute Gasteiger partial charge is 0.302 e. The molecule has 0 aliphatic carbocycles. The maximum Gasteiger partial charge on any atom is 0.00303 e. The van der Waals surface area contributed by atoms with Crippen LogP contribution in [0.5, 0.6) is 0 Å². The minimum absolute atomic E-state index is 0.465. The molecule has 1 heteroatoms. The van der Waals surface area contributed by atoms with Gasteiger partial charge in [-0.15, -0.1) is 0 Å². The van der Waals surface area contributed by atoms with Crippen molar-refractivity contribution in [2.45, 2.75) is 48.0 Å². The zero-order valence-electron chi connectivity index (χ0n) is 10.9. The standard InChI is InChI=1S/C13H27N/c1-12(2,3)7-11-8-14(9-11)10-13(4,5)6/h11H,7-10H2,1-6H3. The van der Waals surface area contributed by atoms with Gasteiger partial charge in [-0.2, -0.15) is 0 Å². The molecule has 0 spiro atoms. The Balaban J connectivity index is 2.18. The molecule has 1 heterocycles. The molecule has 1 nitrogen and oxygen atoms in total. The van der Waals surface area contributed by atoms with Crippen molar-refractivity contribution >= 4 is 0 Å². The van der Waals surface area contributed by atoms with Gasteiger partial charge in [-0.25, -0.2) is 0 Å². The molecule has 0 amide bonds. The Morgan fingerprint density at radius 2 is 1.43 bits per heavy atom. The maximum atomic E-state index is 2.59. The topological polar surface area (TPSA) is 3.24 Å². The first-order valence-electron chi connectivity index (χ1n) is 5.88. The molecule has 0 saturated carbocycles. The van der Waals surface area contributed by atoms with Crippen molar-refractivity contribution in [1.29, 1.82) is 0 Å². The molecule has 1 saturated heterocycles. The van der Waals surface area contributed by atoms with Gasteiger partial charge in [-0.05, 0) is 23.2 Å². The molecule has 0 bridgehead atoms. The smallest absolute Gasteiger partial charge is 0.00303 e. The zero-order valence-corrected chi connectivity index (χ0v) is 10.9. The average Bonchev–Trinajstić information content (AvgIpc) is 1.75. The van der Waals surface area contributed by atoms with E-state index in [4.69, 9.17) is 0 Å². The maximum absolute atomic E-state index is 2.59. The second-order valence-electron chi connectivity index (χ2n) is 7.39. The van der Waals surface area contributed by atoms with Gasteiger partial charge in [-0.3, -0.25) is 0 Å². The van der Waals surface area contributed by atoms with Gasteiger partial charge >= 0.3 is 0 Å². The van der Waals surface area contributed by atoms with Crippen LogP contribution in [0, 0.1) is 16.7 Å². The second-order valence-corrected chi connectivity index (χ2v) is 7.39. The van der Waals surface area contributed by atoms with Gasteiger partial charge in [-0.1, -0.05) is 41.5 Å². The van der Waals surface area contributed by atoms with E-state index < -0.39 is 0 Å². The summed E-state index contributed by atoms with van der Waals surface area (Å²) in [6, 6.07) is 0. The predicted octanol–water partition coefficient (Wildman–Crippen LogP) is 3.40. The predicted molar refractivity (Wildman–Crippen MR) is 63.5 cm³/mol. The van der Waals surface area contributed by atoms with Gasteiger partial charge in [0.2, 0.25) is 0 Å². The van der Waals surface area contributed by atoms with Crippen LogP contribution < -0.4 is 0 Å². The lowest BCUT2D eigenvalue weighted by Gasteiger charge is -2.44. The van der Waals surface area contributed by atoms with E-state index in [0.717, 1.165) is 5.92 Å². The highest BCUT2D eigenvalue weighted by Gasteiger charge is 2.31. The summed E-state index contributed by atoms with van der Waals surface area (Å²) in [5.41, 5.74) is 0.977. The van der Waals surface area contributed by atoms with Crippen molar-refractivity contribution in [3.05, 3.63) is 0 Å². The third-order valence-electron chi connectivity index (χ3n) is 2.63. The van der Waals surface area contributed by atoms with E-state index in [2.05, 4.69) is 46.4 Å². The van der Waals surface area contributed by atoms with Crippen LogP contribution >= 0.6 is 0 Å². The lowest BCUT2D eigenvalue weighted by molar-refractivity contribution is 0.0414. The Hall–Kier alpha value is -0.0400. The van der Waals surface area contributed by atoms with Gasteiger partial charge < -0.3 is 4.90 Å². The molecule has 0 atom stereocenters. The van der Waals surface area contributed by atoms with E-state index in [1.165, 1.54) is 26.1 Å². The summed E-state index contributed by atoms with van der Waals surface area (Å²) < 4.78 is 0. The summed E-state index contributed by atoms with van der Waals surface area (Å²) in [5.74, 6) is 0.956. The van der Waals surface area contributed by atoms with Crippen LogP contribution in [0.4, 0.5) is 0 Å². The highest BCUT2D eigenvalue weighted by atomic mass is 15.2. The molecule has 14 heavy (non-hydrogen) atoms. The summed E-state index contributed by atoms with van der Waals surface area (Å²) in [6.45, 7) is 17.9. The third kappa shape index (κ3) is 4.45. The van der Waals surface area contributed by atoms with Crippen LogP contribution in [0.3, 0.4) is 0 Å². The van der Waals surface area contributed by atoms with Gasteiger partial charge in [0.05, 0.1) is 0 Å². The van der Waals surface area contributed by atoms with Crippen molar-refractivity contribution in [1.82, 2.24) is 4.90 Å². The number of likely N-dealkylation sites (tertiary alicyclic amines) is 1. The van der Waals surface area contributed by atoms with Crippen LogP contribution in [0.1, 0.15) is 48.0 Å². The Bertz CT molecular complexity index is 156. The lowest BCUT2D eigenvalue weighted by atomic mass is 9.80. The Morgan fingerprint density at radius 3 is 1.79 bits per heavy atom. The third-order valence-corrected chi connectivity index (χ3v) is 2.63. The fourth-order valence-corrected chi connectivity index (χ4v) is 2.47. The van der Waals surface area contributed by atoms with Crippen LogP contribution in [-0.2, 0) is 0 Å². The summed E-state index contributed by atoms with van der Waals surface area (Å²) in [4.78, 5) is 2.59. The van der Waals surface area contributed by atoms with Crippen molar-refractivity contribution < 1.29 is 0 Å². The number of nitrogens with zero attached hydrogens (tertiary/aromatic N) is 1. The summed E-state index contributed by atoms with van der Waals surface area (Å²) in [6.07, 6.45) is 1.38. The first-order chi connectivity index (χ1) is 6.16. The van der Waals surface area contributed by atoms with E-state index in [1.807, 2.05) is 0 Å². The summed E-state index contributed by atoms with van der Waals surface area (Å²) in [7, 11) is 0. The summed E-state index contributed by atoms with van der Waals surface area (Å²) in [5, 5.41) is 0. The molecular weight excluding hydrogens is 170 g/mol. The summed E-state index contributed by atoms with van der Waals surface area (Å²) >= 11 is 0. The first-order valence-corrected chi connectivity index (χ1v) is 5.88. The molecule has 1 fully saturated rings. The Labute approximate surface area is 89.9 Å². The molecule has 0 aromatic carbocycles. The van der Waals surface area contributed by atoms with E-state index >= 15 is 0 Å². The van der Waals surface area contributed by atoms with Gasteiger partial charge in [0, 0.05) is 19.6 Å². The number of rotatable bonds is 2. The highest BCUT2D eigenvalue weighted by molar-refractivity contribution is 4.85. The minimum atomic E-state index is 0.465. The Kier molecular flexibility index (Phi) is 3.30. The van der Waals surface area contributed by atoms with Crippen LogP contribution in [0.2, 0.25) is 0 Å². The fraction of sp³-hybridized carbons (Fsp3) is 1.00. The van der Waals surface area contributed by atoms with Crippen molar-refractivity contribution in [3.8, 4) is 0 Å². The molecule has 0 unspecified atom stereocenters. The minimum Gasteiger partial charge on any atom is -0.302 e. The highest BCUT2D eigenvalue weighted by Crippen LogP contribution is 2.31. The normalized spacial score (nSPS) is 21.0. The monoisotopic (exact) mass is 197 g/mol. The molecule has 0 aromatic rings. The van der Waals surface area contributed by atoms with E-state index in [1.54, 1.807) is 0 Å². The lowest BCUT2D eigenvalue weighted by Crippen LogP contribution is -2.50. The fourth-order valence-electron chi connectivity index (χ4n) is 2.47. The number of hydrogen-bond acceptors (Lipinski definition) is 1. The van der Waals surface area contributed by atoms with Crippen LogP contribution in [-0.4, -0.2) is 24.5 Å². The molecule has 1 rings (SSSR count). The molecule has 1 aliphatic rings. The van der Waals surface area contributed by atoms with E-state index in [-0.39, 0.29) is 0 Å². The first kappa shape index (κ1) is 12.0. The number of hydrogen-bond donors (Lipinski definition) is 0. The van der Waals surface area contributed by atoms with Gasteiger partial charge in [0.15, 0.2) is 0 Å². The quantitative estimate of drug-likeness (QED) is 0.656. The van der Waals surface area contributed by atoms with Crippen molar-refractivity contribution in [2.24, 2.45) is 16.7 Å². The van der Waals surface area contributed by atoms with Crippen molar-refractivity contribution in [3.63, 3.8) is 0 Å². The zero-order chi connectivity index (χ0) is 11.0. The van der Waals surface area contributed by atoms with Gasteiger partial charge in [0.1, 0.15) is 0 Å². The molecule has 0 aromatic heterocycles. The molecule has 0 radical (unpaired) electrons. The van der Waals surface area contributed by atoms with E-state index in [0.29, 0.717) is 10.8 Å². The molecule has 0 N–H and O–H groups in total. The molecular formula is C13H27N. The Morgan fingerprint density at radius 1 is 0.929 bits per heavy atom. The van der Waals surface area contributed by atoms with Crippen molar-refractivity contribution in [2.75, 3.05) is 19.6 Å². The van der Waals surface area contributed by atoms with Crippen LogP contribution in [0.15, 0.2) is 0 Å². The average molecular weight is 197 g/mol. The molecule has 1 aliphatic heterocycles. The van der Waals surface area contributed by atoms with Crippen LogP contribution in [0.25, 0.3) is 0 Å².